The molecule has 3 atom stereocenters. The van der Waals surface area contributed by atoms with E-state index >= 15 is 0 Å². The van der Waals surface area contributed by atoms with Gasteiger partial charge in [-0.05, 0) is 32.2 Å². The summed E-state index contributed by atoms with van der Waals surface area (Å²) in [4.78, 5) is 2.46. The first-order valence-electron chi connectivity index (χ1n) is 4.57. The average Bonchev–Trinajstić information content (AvgIpc) is 2.30. The van der Waals surface area contributed by atoms with E-state index in [-0.39, 0.29) is 0 Å². The van der Waals surface area contributed by atoms with E-state index in [0.29, 0.717) is 0 Å². The van der Waals surface area contributed by atoms with Crippen molar-refractivity contribution in [3.63, 3.8) is 0 Å². The van der Waals surface area contributed by atoms with Crippen molar-refractivity contribution in [2.45, 2.75) is 19.4 Å². The third kappa shape index (κ3) is 1.18. The second-order valence-electron chi connectivity index (χ2n) is 3.97. The normalized spacial score (nSPS) is 45.8. The van der Waals surface area contributed by atoms with Gasteiger partial charge in [0.2, 0.25) is 0 Å². The van der Waals surface area contributed by atoms with Gasteiger partial charge in [-0.25, -0.2) is 0 Å². The second-order valence-corrected chi connectivity index (χ2v) is 3.97. The number of ether oxygens (including phenoxy) is 1. The Morgan fingerprint density at radius 1 is 1.45 bits per heavy atom. The fourth-order valence-electron chi connectivity index (χ4n) is 2.50. The minimum Gasteiger partial charge on any atom is -0.381 e. The number of fused-ring (bicyclic) bond motifs is 1. The van der Waals surface area contributed by atoms with E-state index in [1.807, 2.05) is 0 Å². The van der Waals surface area contributed by atoms with Gasteiger partial charge in [-0.3, -0.25) is 0 Å². The van der Waals surface area contributed by atoms with E-state index in [0.717, 1.165) is 31.1 Å². The maximum Gasteiger partial charge on any atom is 0.0509 e. The van der Waals surface area contributed by atoms with Crippen LogP contribution in [0.15, 0.2) is 0 Å². The Bertz CT molecular complexity index is 148. The Hall–Kier alpha value is -0.0800. The van der Waals surface area contributed by atoms with Crippen LogP contribution in [-0.2, 0) is 4.74 Å². The van der Waals surface area contributed by atoms with Crippen molar-refractivity contribution < 1.29 is 4.74 Å². The van der Waals surface area contributed by atoms with Gasteiger partial charge in [0.15, 0.2) is 0 Å². The van der Waals surface area contributed by atoms with Crippen LogP contribution < -0.4 is 0 Å². The molecule has 2 aliphatic heterocycles. The minimum atomic E-state index is 0.781. The first-order valence-corrected chi connectivity index (χ1v) is 4.57. The van der Waals surface area contributed by atoms with Crippen LogP contribution in [0, 0.1) is 11.8 Å². The van der Waals surface area contributed by atoms with Crippen LogP contribution in [0.4, 0.5) is 0 Å². The smallest absolute Gasteiger partial charge is 0.0509 e. The first-order chi connectivity index (χ1) is 5.29. The molecule has 0 spiro atoms. The number of hydrogen-bond donors (Lipinski definition) is 0. The summed E-state index contributed by atoms with van der Waals surface area (Å²) in [5, 5.41) is 0. The van der Waals surface area contributed by atoms with Crippen LogP contribution in [-0.4, -0.2) is 37.7 Å². The SMILES string of the molecule is CC1C2CCOCC2CN1C. The maximum absolute atomic E-state index is 5.45. The van der Waals surface area contributed by atoms with Gasteiger partial charge >= 0.3 is 0 Å². The summed E-state index contributed by atoms with van der Waals surface area (Å²) in [6, 6.07) is 0.781. The average molecular weight is 155 g/mol. The Morgan fingerprint density at radius 3 is 3.00 bits per heavy atom. The number of rotatable bonds is 0. The van der Waals surface area contributed by atoms with Crippen molar-refractivity contribution in [3.8, 4) is 0 Å². The van der Waals surface area contributed by atoms with Crippen LogP contribution in [0.2, 0.25) is 0 Å². The van der Waals surface area contributed by atoms with E-state index in [1.54, 1.807) is 0 Å². The van der Waals surface area contributed by atoms with Gasteiger partial charge in [0.1, 0.15) is 0 Å². The van der Waals surface area contributed by atoms with E-state index in [1.165, 1.54) is 13.0 Å². The third-order valence-electron chi connectivity index (χ3n) is 3.37. The van der Waals surface area contributed by atoms with E-state index in [9.17, 15) is 0 Å². The highest BCUT2D eigenvalue weighted by atomic mass is 16.5. The Morgan fingerprint density at radius 2 is 2.27 bits per heavy atom. The van der Waals surface area contributed by atoms with Gasteiger partial charge in [-0.2, -0.15) is 0 Å². The van der Waals surface area contributed by atoms with Crippen LogP contribution in [0.1, 0.15) is 13.3 Å². The fourth-order valence-corrected chi connectivity index (χ4v) is 2.50. The van der Waals surface area contributed by atoms with Gasteiger partial charge in [0.25, 0.3) is 0 Å². The molecule has 0 radical (unpaired) electrons. The molecule has 0 aromatic carbocycles. The molecule has 0 N–H and O–H groups in total. The second kappa shape index (κ2) is 2.76. The van der Waals surface area contributed by atoms with Gasteiger partial charge in [-0.15, -0.1) is 0 Å². The molecule has 0 amide bonds. The Labute approximate surface area is 68.5 Å². The lowest BCUT2D eigenvalue weighted by Crippen LogP contribution is -2.29. The summed E-state index contributed by atoms with van der Waals surface area (Å²) in [6.45, 7) is 5.57. The summed E-state index contributed by atoms with van der Waals surface area (Å²) >= 11 is 0. The summed E-state index contributed by atoms with van der Waals surface area (Å²) in [5.41, 5.74) is 0. The van der Waals surface area contributed by atoms with E-state index < -0.39 is 0 Å². The largest absolute Gasteiger partial charge is 0.381 e. The van der Waals surface area contributed by atoms with Crippen molar-refractivity contribution in [2.24, 2.45) is 11.8 Å². The molecule has 2 heterocycles. The highest BCUT2D eigenvalue weighted by Crippen LogP contribution is 2.33. The Kier molecular flexibility index (Phi) is 1.90. The summed E-state index contributed by atoms with van der Waals surface area (Å²) in [5.74, 6) is 1.73. The standard InChI is InChI=1S/C9H17NO/c1-7-9-3-4-11-6-8(9)5-10(7)2/h7-9H,3-6H2,1-2H3. The number of hydrogen-bond acceptors (Lipinski definition) is 2. The van der Waals surface area contributed by atoms with E-state index in [4.69, 9.17) is 4.74 Å². The predicted molar refractivity (Wildman–Crippen MR) is 44.5 cm³/mol. The molecule has 2 fully saturated rings. The molecule has 0 aromatic heterocycles. The van der Waals surface area contributed by atoms with Crippen LogP contribution in [0.3, 0.4) is 0 Å². The van der Waals surface area contributed by atoms with Crippen LogP contribution in [0.25, 0.3) is 0 Å². The van der Waals surface area contributed by atoms with Crippen LogP contribution in [0.5, 0.6) is 0 Å². The monoisotopic (exact) mass is 155 g/mol. The van der Waals surface area contributed by atoms with Crippen molar-refractivity contribution >= 4 is 0 Å². The molecular weight excluding hydrogens is 138 g/mol. The topological polar surface area (TPSA) is 12.5 Å². The predicted octanol–water partition coefficient (Wildman–Crippen LogP) is 0.973. The number of likely N-dealkylation sites (tertiary alicyclic amines) is 1. The first kappa shape index (κ1) is 7.56. The molecule has 2 saturated heterocycles. The van der Waals surface area contributed by atoms with Crippen molar-refractivity contribution in [1.82, 2.24) is 4.90 Å². The maximum atomic E-state index is 5.45. The molecule has 0 aromatic rings. The summed E-state index contributed by atoms with van der Waals surface area (Å²) in [7, 11) is 2.23. The highest BCUT2D eigenvalue weighted by molar-refractivity contribution is 4.90. The highest BCUT2D eigenvalue weighted by Gasteiger charge is 2.38. The van der Waals surface area contributed by atoms with Gasteiger partial charge in [0, 0.05) is 19.2 Å². The molecule has 2 rings (SSSR count). The lowest BCUT2D eigenvalue weighted by atomic mass is 9.88. The lowest BCUT2D eigenvalue weighted by Gasteiger charge is -2.27. The minimum absolute atomic E-state index is 0.781. The molecular formula is C9H17NO. The molecule has 2 aliphatic rings. The van der Waals surface area contributed by atoms with Gasteiger partial charge in [-0.1, -0.05) is 0 Å². The molecule has 64 valence electrons. The summed E-state index contributed by atoms with van der Waals surface area (Å²) in [6.07, 6.45) is 1.27. The molecule has 0 aliphatic carbocycles. The van der Waals surface area contributed by atoms with E-state index in [2.05, 4.69) is 18.9 Å². The molecule has 0 saturated carbocycles. The molecule has 0 bridgehead atoms. The molecule has 3 unspecified atom stereocenters. The zero-order chi connectivity index (χ0) is 7.84. The molecule has 2 nitrogen and oxygen atoms in total. The quantitative estimate of drug-likeness (QED) is 0.517. The zero-order valence-corrected chi connectivity index (χ0v) is 7.42. The van der Waals surface area contributed by atoms with Crippen LogP contribution >= 0.6 is 0 Å². The van der Waals surface area contributed by atoms with Crippen molar-refractivity contribution in [2.75, 3.05) is 26.8 Å². The summed E-state index contributed by atoms with van der Waals surface area (Å²) < 4.78 is 5.45. The van der Waals surface area contributed by atoms with Crippen molar-refractivity contribution in [3.05, 3.63) is 0 Å². The Balaban J connectivity index is 2.05. The molecule has 2 heteroatoms. The van der Waals surface area contributed by atoms with Crippen molar-refractivity contribution in [1.29, 1.82) is 0 Å². The van der Waals surface area contributed by atoms with Gasteiger partial charge in [0.05, 0.1) is 6.61 Å². The fraction of sp³-hybridized carbons (Fsp3) is 1.00. The molecule has 11 heavy (non-hydrogen) atoms. The lowest BCUT2D eigenvalue weighted by molar-refractivity contribution is 0.0314. The third-order valence-corrected chi connectivity index (χ3v) is 3.37. The van der Waals surface area contributed by atoms with Gasteiger partial charge < -0.3 is 9.64 Å². The number of nitrogens with zero attached hydrogens (tertiary/aromatic N) is 1. The zero-order valence-electron chi connectivity index (χ0n) is 7.42.